The van der Waals surface area contributed by atoms with Gasteiger partial charge in [-0.05, 0) is 56.2 Å². The van der Waals surface area contributed by atoms with Crippen molar-refractivity contribution in [2.24, 2.45) is 5.10 Å². The molecule has 0 spiro atoms. The van der Waals surface area contributed by atoms with Crippen LogP contribution in [0.25, 0.3) is 0 Å². The van der Waals surface area contributed by atoms with Gasteiger partial charge in [-0.25, -0.2) is 5.43 Å². The average molecular weight is 466 g/mol. The molecule has 0 aromatic heterocycles. The number of halogens is 2. The van der Waals surface area contributed by atoms with Crippen LogP contribution in [0.5, 0.6) is 11.5 Å². The molecule has 7 nitrogen and oxygen atoms in total. The van der Waals surface area contributed by atoms with Crippen LogP contribution in [-0.2, 0) is 16.2 Å². The third-order valence-corrected chi connectivity index (χ3v) is 4.99. The largest absolute Gasteiger partial charge is 0.490 e. The molecule has 0 fully saturated rings. The summed E-state index contributed by atoms with van der Waals surface area (Å²) in [5.74, 6) is -0.566. The van der Waals surface area contributed by atoms with Gasteiger partial charge >= 0.3 is 11.8 Å². The van der Waals surface area contributed by atoms with Gasteiger partial charge < -0.3 is 14.8 Å². The number of hydrogen-bond acceptors (Lipinski definition) is 5. The van der Waals surface area contributed by atoms with E-state index in [2.05, 4.69) is 15.8 Å². The van der Waals surface area contributed by atoms with E-state index < -0.39 is 11.8 Å². The van der Waals surface area contributed by atoms with Crippen molar-refractivity contribution < 1.29 is 19.1 Å². The van der Waals surface area contributed by atoms with E-state index in [-0.39, 0.29) is 12.6 Å². The Balaban J connectivity index is 2.05. The molecule has 9 heteroatoms. The molecule has 0 saturated heterocycles. The lowest BCUT2D eigenvalue weighted by atomic mass is 10.2. The first kappa shape index (κ1) is 24.5. The van der Waals surface area contributed by atoms with E-state index in [1.165, 1.54) is 6.21 Å². The molecule has 1 atom stereocenters. The molecule has 2 rings (SSSR count). The first-order chi connectivity index (χ1) is 14.8. The molecule has 2 amide bonds. The molecule has 0 saturated carbocycles. The third-order valence-electron chi connectivity index (χ3n) is 4.28. The topological polar surface area (TPSA) is 89.0 Å². The normalized spacial score (nSPS) is 11.8. The maximum atomic E-state index is 11.8. The van der Waals surface area contributed by atoms with E-state index in [4.69, 9.17) is 32.7 Å². The fourth-order valence-corrected chi connectivity index (χ4v) is 2.93. The van der Waals surface area contributed by atoms with Crippen molar-refractivity contribution >= 4 is 41.2 Å². The van der Waals surface area contributed by atoms with Crippen molar-refractivity contribution in [3.63, 3.8) is 0 Å². The SMILES string of the molecule is CCOc1cc(/C=N\NC(=O)C(=O)N[C@H](C)CC)ccc1OCc1c(Cl)cccc1Cl. The number of nitrogens with zero attached hydrogens (tertiary/aromatic N) is 1. The van der Waals surface area contributed by atoms with Gasteiger partial charge in [-0.1, -0.05) is 36.2 Å². The predicted octanol–water partition coefficient (Wildman–Crippen LogP) is 4.34. The molecule has 31 heavy (non-hydrogen) atoms. The van der Waals surface area contributed by atoms with Gasteiger partial charge in [0.05, 0.1) is 12.8 Å². The van der Waals surface area contributed by atoms with Crippen LogP contribution < -0.4 is 20.2 Å². The Morgan fingerprint density at radius 1 is 1.06 bits per heavy atom. The second kappa shape index (κ2) is 12.2. The molecule has 0 radical (unpaired) electrons. The standard InChI is InChI=1S/C22H25Cl2N3O4/c1-4-14(3)26-21(28)22(29)27-25-12-15-9-10-19(20(11-15)30-5-2)31-13-16-17(23)7-6-8-18(16)24/h6-12,14H,4-5,13H2,1-3H3,(H,26,28)(H,27,29)/b25-12-/t14-/m1/s1. The number of rotatable bonds is 9. The van der Waals surface area contributed by atoms with Crippen LogP contribution in [0.2, 0.25) is 10.0 Å². The highest BCUT2D eigenvalue weighted by Gasteiger charge is 2.14. The van der Waals surface area contributed by atoms with Crippen molar-refractivity contribution in [3.05, 3.63) is 57.6 Å². The van der Waals surface area contributed by atoms with E-state index in [0.717, 1.165) is 6.42 Å². The fraction of sp³-hybridized carbons (Fsp3) is 0.318. The molecule has 0 bridgehead atoms. The second-order valence-electron chi connectivity index (χ2n) is 6.61. The lowest BCUT2D eigenvalue weighted by Gasteiger charge is -2.14. The van der Waals surface area contributed by atoms with E-state index in [1.54, 1.807) is 36.4 Å². The lowest BCUT2D eigenvalue weighted by molar-refractivity contribution is -0.139. The van der Waals surface area contributed by atoms with E-state index >= 15 is 0 Å². The Labute approximate surface area is 191 Å². The van der Waals surface area contributed by atoms with Crippen molar-refractivity contribution in [2.75, 3.05) is 6.61 Å². The zero-order valence-electron chi connectivity index (χ0n) is 17.6. The van der Waals surface area contributed by atoms with Gasteiger partial charge in [0, 0.05) is 21.7 Å². The van der Waals surface area contributed by atoms with Gasteiger partial charge in [0.2, 0.25) is 0 Å². The third kappa shape index (κ3) is 7.45. The highest BCUT2D eigenvalue weighted by molar-refractivity contribution is 6.36. The van der Waals surface area contributed by atoms with Gasteiger partial charge in [0.25, 0.3) is 0 Å². The van der Waals surface area contributed by atoms with E-state index in [1.807, 2.05) is 20.8 Å². The van der Waals surface area contributed by atoms with Crippen LogP contribution in [0.4, 0.5) is 0 Å². The van der Waals surface area contributed by atoms with Crippen LogP contribution >= 0.6 is 23.2 Å². The summed E-state index contributed by atoms with van der Waals surface area (Å²) in [6.07, 6.45) is 2.13. The molecule has 0 aliphatic heterocycles. The first-order valence-corrected chi connectivity index (χ1v) is 10.6. The summed E-state index contributed by atoms with van der Waals surface area (Å²) >= 11 is 12.4. The molecular weight excluding hydrogens is 441 g/mol. The monoisotopic (exact) mass is 465 g/mol. The summed E-state index contributed by atoms with van der Waals surface area (Å²) in [7, 11) is 0. The van der Waals surface area contributed by atoms with Gasteiger partial charge in [-0.15, -0.1) is 0 Å². The lowest BCUT2D eigenvalue weighted by Crippen LogP contribution is -2.41. The second-order valence-corrected chi connectivity index (χ2v) is 7.42. The summed E-state index contributed by atoms with van der Waals surface area (Å²) in [6.45, 7) is 6.18. The van der Waals surface area contributed by atoms with Gasteiger partial charge in [-0.3, -0.25) is 9.59 Å². The smallest absolute Gasteiger partial charge is 0.329 e. The first-order valence-electron chi connectivity index (χ1n) is 9.82. The number of carbonyl (C=O) groups is 2. The van der Waals surface area contributed by atoms with Crippen molar-refractivity contribution in [1.82, 2.24) is 10.7 Å². The maximum absolute atomic E-state index is 11.8. The average Bonchev–Trinajstić information content (AvgIpc) is 2.74. The van der Waals surface area contributed by atoms with Crippen molar-refractivity contribution in [1.29, 1.82) is 0 Å². The summed E-state index contributed by atoms with van der Waals surface area (Å²) in [6, 6.07) is 10.3. The van der Waals surface area contributed by atoms with Gasteiger partial charge in [0.1, 0.15) is 6.61 Å². The van der Waals surface area contributed by atoms with Crippen LogP contribution in [0.3, 0.4) is 0 Å². The van der Waals surface area contributed by atoms with Crippen LogP contribution in [0, 0.1) is 0 Å². The Morgan fingerprint density at radius 2 is 1.77 bits per heavy atom. The number of hydrazone groups is 1. The number of benzene rings is 2. The van der Waals surface area contributed by atoms with Crippen LogP contribution in [0.1, 0.15) is 38.3 Å². The molecule has 166 valence electrons. The number of carbonyl (C=O) groups excluding carboxylic acids is 2. The molecular formula is C22H25Cl2N3O4. The fourth-order valence-electron chi connectivity index (χ4n) is 2.42. The van der Waals surface area contributed by atoms with Gasteiger partial charge in [0.15, 0.2) is 11.5 Å². The molecule has 2 N–H and O–H groups in total. The number of ether oxygens (including phenoxy) is 2. The summed E-state index contributed by atoms with van der Waals surface area (Å²) in [5.41, 5.74) is 3.53. The quantitative estimate of drug-likeness (QED) is 0.327. The molecule has 0 heterocycles. The predicted molar refractivity (Wildman–Crippen MR) is 122 cm³/mol. The minimum atomic E-state index is -0.835. The van der Waals surface area contributed by atoms with Crippen LogP contribution in [-0.4, -0.2) is 30.7 Å². The Morgan fingerprint density at radius 3 is 2.42 bits per heavy atom. The summed E-state index contributed by atoms with van der Waals surface area (Å²) in [5, 5.41) is 7.43. The van der Waals surface area contributed by atoms with E-state index in [0.29, 0.717) is 39.3 Å². The van der Waals surface area contributed by atoms with Crippen molar-refractivity contribution in [2.45, 2.75) is 39.8 Å². The zero-order valence-corrected chi connectivity index (χ0v) is 19.1. The van der Waals surface area contributed by atoms with Crippen molar-refractivity contribution in [3.8, 4) is 11.5 Å². The molecule has 2 aromatic rings. The summed E-state index contributed by atoms with van der Waals surface area (Å²) in [4.78, 5) is 23.5. The Hall–Kier alpha value is -2.77. The van der Waals surface area contributed by atoms with E-state index in [9.17, 15) is 9.59 Å². The molecule has 0 aliphatic rings. The Kier molecular flexibility index (Phi) is 9.62. The highest BCUT2D eigenvalue weighted by atomic mass is 35.5. The van der Waals surface area contributed by atoms with Gasteiger partial charge in [-0.2, -0.15) is 5.10 Å². The van der Waals surface area contributed by atoms with Crippen LogP contribution in [0.15, 0.2) is 41.5 Å². The number of amides is 2. The minimum Gasteiger partial charge on any atom is -0.490 e. The molecule has 2 aromatic carbocycles. The number of hydrogen-bond donors (Lipinski definition) is 2. The number of nitrogens with one attached hydrogen (secondary N) is 2. The maximum Gasteiger partial charge on any atom is 0.329 e. The Bertz CT molecular complexity index is 930. The molecule has 0 aliphatic carbocycles. The zero-order chi connectivity index (χ0) is 22.8. The summed E-state index contributed by atoms with van der Waals surface area (Å²) < 4.78 is 11.5. The molecule has 0 unspecified atom stereocenters. The minimum absolute atomic E-state index is 0.0934. The highest BCUT2D eigenvalue weighted by Crippen LogP contribution is 2.31.